The Labute approximate surface area is 108 Å². The van der Waals surface area contributed by atoms with Crippen molar-refractivity contribution < 1.29 is 9.53 Å². The Bertz CT molecular complexity index is 403. The van der Waals surface area contributed by atoms with Crippen molar-refractivity contribution in [2.45, 2.75) is 26.4 Å². The summed E-state index contributed by atoms with van der Waals surface area (Å²) in [6, 6.07) is 8.20. The molecule has 1 aromatic carbocycles. The van der Waals surface area contributed by atoms with E-state index in [2.05, 4.69) is 31.3 Å². The number of hydrogen-bond acceptors (Lipinski definition) is 3. The zero-order chi connectivity index (χ0) is 13.0. The molecule has 1 fully saturated rings. The van der Waals surface area contributed by atoms with Crippen molar-refractivity contribution in [3.8, 4) is 0 Å². The summed E-state index contributed by atoms with van der Waals surface area (Å²) in [4.78, 5) is 13.3. The molecule has 2 rings (SSSR count). The van der Waals surface area contributed by atoms with Gasteiger partial charge in [0.2, 0.25) is 0 Å². The van der Waals surface area contributed by atoms with E-state index in [0.717, 1.165) is 18.7 Å². The Kier molecular flexibility index (Phi) is 4.07. The quantitative estimate of drug-likeness (QED) is 0.871. The summed E-state index contributed by atoms with van der Waals surface area (Å²) in [5.74, 6) is 0. The number of aryl methyl sites for hydroxylation is 1. The first kappa shape index (κ1) is 12.7. The van der Waals surface area contributed by atoms with Gasteiger partial charge < -0.3 is 15.0 Å². The maximum absolute atomic E-state index is 11.5. The van der Waals surface area contributed by atoms with Crippen molar-refractivity contribution in [1.29, 1.82) is 0 Å². The molecule has 1 amide bonds. The molecule has 1 aliphatic heterocycles. The molecule has 0 saturated carbocycles. The third-order valence-electron chi connectivity index (χ3n) is 3.03. The maximum Gasteiger partial charge on any atom is 0.410 e. The molecule has 1 heterocycles. The second kappa shape index (κ2) is 5.76. The Balaban J connectivity index is 1.81. The molecule has 1 unspecified atom stereocenters. The molecule has 1 aromatic rings. The largest absolute Gasteiger partial charge is 0.442 e. The van der Waals surface area contributed by atoms with Crippen LogP contribution in [0.4, 0.5) is 10.5 Å². The maximum atomic E-state index is 11.5. The summed E-state index contributed by atoms with van der Waals surface area (Å²) in [6.07, 6.45) is 0.727. The number of hydrogen-bond donors (Lipinski definition) is 1. The van der Waals surface area contributed by atoms with Gasteiger partial charge in [-0.3, -0.25) is 0 Å². The molecule has 0 bridgehead atoms. The Morgan fingerprint density at radius 1 is 1.39 bits per heavy atom. The highest BCUT2D eigenvalue weighted by molar-refractivity contribution is 5.70. The highest BCUT2D eigenvalue weighted by Gasteiger charge is 2.29. The van der Waals surface area contributed by atoms with E-state index >= 15 is 0 Å². The molecule has 4 heteroatoms. The fraction of sp³-hybridized carbons (Fsp3) is 0.500. The van der Waals surface area contributed by atoms with E-state index in [1.54, 1.807) is 4.90 Å². The first-order chi connectivity index (χ1) is 8.69. The van der Waals surface area contributed by atoms with Gasteiger partial charge in [0.05, 0.1) is 13.1 Å². The molecule has 4 nitrogen and oxygen atoms in total. The summed E-state index contributed by atoms with van der Waals surface area (Å²) >= 11 is 0. The van der Waals surface area contributed by atoms with E-state index in [1.165, 1.54) is 5.56 Å². The van der Waals surface area contributed by atoms with E-state index in [9.17, 15) is 4.79 Å². The highest BCUT2D eigenvalue weighted by atomic mass is 16.6. The van der Waals surface area contributed by atoms with Crippen LogP contribution in [0.2, 0.25) is 0 Å². The van der Waals surface area contributed by atoms with Gasteiger partial charge in [0, 0.05) is 12.2 Å². The normalized spacial score (nSPS) is 18.9. The standard InChI is InChI=1S/C14H20N2O2/c1-3-8-16-10-13(18-14(16)17)9-15-12-6-4-11(2)5-7-12/h4-7,13,15H,3,8-10H2,1-2H3. The van der Waals surface area contributed by atoms with Crippen LogP contribution in [0.15, 0.2) is 24.3 Å². The number of carbonyl (C=O) groups excluding carboxylic acids is 1. The fourth-order valence-electron chi connectivity index (χ4n) is 2.04. The molecule has 18 heavy (non-hydrogen) atoms. The van der Waals surface area contributed by atoms with Gasteiger partial charge in [-0.2, -0.15) is 0 Å². The fourth-order valence-corrected chi connectivity index (χ4v) is 2.04. The number of carbonyl (C=O) groups is 1. The molecular formula is C14H20N2O2. The SMILES string of the molecule is CCCN1CC(CNc2ccc(C)cc2)OC1=O. The van der Waals surface area contributed by atoms with Crippen molar-refractivity contribution >= 4 is 11.8 Å². The van der Waals surface area contributed by atoms with Crippen LogP contribution in [0, 0.1) is 6.92 Å². The molecule has 0 radical (unpaired) electrons. The number of amides is 1. The van der Waals surface area contributed by atoms with Gasteiger partial charge in [-0.15, -0.1) is 0 Å². The minimum absolute atomic E-state index is 0.0506. The van der Waals surface area contributed by atoms with Gasteiger partial charge in [-0.1, -0.05) is 24.6 Å². The van der Waals surface area contributed by atoms with Gasteiger partial charge in [0.15, 0.2) is 0 Å². The molecule has 0 spiro atoms. The number of rotatable bonds is 5. The van der Waals surface area contributed by atoms with Crippen molar-refractivity contribution in [3.63, 3.8) is 0 Å². The summed E-state index contributed by atoms with van der Waals surface area (Å²) in [7, 11) is 0. The highest BCUT2D eigenvalue weighted by Crippen LogP contribution is 2.14. The van der Waals surface area contributed by atoms with Gasteiger partial charge in [0.25, 0.3) is 0 Å². The number of ether oxygens (including phenoxy) is 1. The minimum atomic E-state index is -0.187. The predicted molar refractivity (Wildman–Crippen MR) is 71.8 cm³/mol. The molecular weight excluding hydrogens is 228 g/mol. The van der Waals surface area contributed by atoms with Crippen LogP contribution in [0.5, 0.6) is 0 Å². The third kappa shape index (κ3) is 3.15. The van der Waals surface area contributed by atoms with Gasteiger partial charge in [-0.05, 0) is 25.5 Å². The lowest BCUT2D eigenvalue weighted by Gasteiger charge is -2.12. The van der Waals surface area contributed by atoms with Crippen LogP contribution in [-0.2, 0) is 4.74 Å². The third-order valence-corrected chi connectivity index (χ3v) is 3.03. The van der Waals surface area contributed by atoms with Crippen molar-refractivity contribution in [3.05, 3.63) is 29.8 Å². The Hall–Kier alpha value is -1.71. The second-order valence-electron chi connectivity index (χ2n) is 4.70. The number of nitrogens with zero attached hydrogens (tertiary/aromatic N) is 1. The van der Waals surface area contributed by atoms with Crippen molar-refractivity contribution in [2.75, 3.05) is 25.0 Å². The number of anilines is 1. The van der Waals surface area contributed by atoms with Crippen molar-refractivity contribution in [1.82, 2.24) is 4.90 Å². The zero-order valence-corrected chi connectivity index (χ0v) is 11.0. The van der Waals surface area contributed by atoms with Gasteiger partial charge in [0.1, 0.15) is 6.10 Å². The van der Waals surface area contributed by atoms with Crippen LogP contribution in [0.3, 0.4) is 0 Å². The molecule has 0 aromatic heterocycles. The predicted octanol–water partition coefficient (Wildman–Crippen LogP) is 2.64. The molecule has 1 N–H and O–H groups in total. The number of cyclic esters (lactones) is 1. The molecule has 1 atom stereocenters. The molecule has 0 aliphatic carbocycles. The first-order valence-electron chi connectivity index (χ1n) is 6.45. The molecule has 1 aliphatic rings. The topological polar surface area (TPSA) is 41.6 Å². The van der Waals surface area contributed by atoms with E-state index in [4.69, 9.17) is 4.74 Å². The lowest BCUT2D eigenvalue weighted by atomic mass is 10.2. The summed E-state index contributed by atoms with van der Waals surface area (Å²) in [5.41, 5.74) is 2.30. The monoisotopic (exact) mass is 248 g/mol. The van der Waals surface area contributed by atoms with E-state index in [0.29, 0.717) is 13.1 Å². The number of benzene rings is 1. The summed E-state index contributed by atoms with van der Waals surface area (Å²) in [5, 5.41) is 3.29. The smallest absolute Gasteiger partial charge is 0.410 e. The van der Waals surface area contributed by atoms with Crippen LogP contribution < -0.4 is 5.32 Å². The van der Waals surface area contributed by atoms with Crippen LogP contribution in [-0.4, -0.2) is 36.7 Å². The van der Waals surface area contributed by atoms with E-state index in [-0.39, 0.29) is 12.2 Å². The number of nitrogens with one attached hydrogen (secondary N) is 1. The first-order valence-corrected chi connectivity index (χ1v) is 6.45. The van der Waals surface area contributed by atoms with Gasteiger partial charge in [-0.25, -0.2) is 4.79 Å². The second-order valence-corrected chi connectivity index (χ2v) is 4.70. The molecule has 98 valence electrons. The lowest BCUT2D eigenvalue weighted by molar-refractivity contribution is 0.136. The van der Waals surface area contributed by atoms with E-state index < -0.39 is 0 Å². The van der Waals surface area contributed by atoms with Crippen LogP contribution in [0.1, 0.15) is 18.9 Å². The zero-order valence-electron chi connectivity index (χ0n) is 11.0. The summed E-state index contributed by atoms with van der Waals surface area (Å²) in [6.45, 7) is 6.25. The lowest BCUT2D eigenvalue weighted by Crippen LogP contribution is -2.28. The Morgan fingerprint density at radius 2 is 2.11 bits per heavy atom. The van der Waals surface area contributed by atoms with Crippen molar-refractivity contribution in [2.24, 2.45) is 0 Å². The van der Waals surface area contributed by atoms with Gasteiger partial charge >= 0.3 is 6.09 Å². The molecule has 1 saturated heterocycles. The average Bonchev–Trinajstić information content (AvgIpc) is 2.70. The van der Waals surface area contributed by atoms with E-state index in [1.807, 2.05) is 12.1 Å². The van der Waals surface area contributed by atoms with Crippen LogP contribution >= 0.6 is 0 Å². The minimum Gasteiger partial charge on any atom is -0.442 e. The van der Waals surface area contributed by atoms with Crippen LogP contribution in [0.25, 0.3) is 0 Å². The average molecular weight is 248 g/mol. The Morgan fingerprint density at radius 3 is 2.78 bits per heavy atom. The summed E-state index contributed by atoms with van der Waals surface area (Å²) < 4.78 is 5.30.